The molecule has 0 saturated carbocycles. The Morgan fingerprint density at radius 1 is 1.60 bits per heavy atom. The third-order valence-electron chi connectivity index (χ3n) is 2.21. The van der Waals surface area contributed by atoms with Crippen LogP contribution >= 0.6 is 15.9 Å². The van der Waals surface area contributed by atoms with Gasteiger partial charge in [0.15, 0.2) is 5.78 Å². The molecule has 15 heavy (non-hydrogen) atoms. The molecule has 0 unspecified atom stereocenters. The minimum atomic E-state index is 0.114. The number of carbonyl (C=O) groups excluding carboxylic acids is 1. The maximum absolute atomic E-state index is 11.3. The van der Waals surface area contributed by atoms with E-state index in [1.807, 2.05) is 14.0 Å². The molecule has 0 aromatic carbocycles. The minimum Gasteiger partial charge on any atom is -0.377 e. The molecule has 0 atom stereocenters. The summed E-state index contributed by atoms with van der Waals surface area (Å²) in [5.74, 6) is 0.114. The van der Waals surface area contributed by atoms with Crippen LogP contribution in [0.4, 0.5) is 0 Å². The van der Waals surface area contributed by atoms with Crippen molar-refractivity contribution in [1.82, 2.24) is 9.78 Å². The van der Waals surface area contributed by atoms with Crippen LogP contribution in [0.25, 0.3) is 0 Å². The van der Waals surface area contributed by atoms with E-state index in [0.717, 1.165) is 15.9 Å². The van der Waals surface area contributed by atoms with Gasteiger partial charge < -0.3 is 4.74 Å². The number of ether oxygens (including phenoxy) is 1. The van der Waals surface area contributed by atoms with Crippen molar-refractivity contribution in [3.05, 3.63) is 15.9 Å². The van der Waals surface area contributed by atoms with Gasteiger partial charge in [-0.1, -0.05) is 0 Å². The lowest BCUT2D eigenvalue weighted by Gasteiger charge is -2.02. The zero-order chi connectivity index (χ0) is 11.4. The maximum Gasteiger partial charge on any atom is 0.158 e. The van der Waals surface area contributed by atoms with Crippen molar-refractivity contribution in [1.29, 1.82) is 0 Å². The molecule has 0 spiro atoms. The molecular formula is C10H15BrN2O2. The lowest BCUT2D eigenvalue weighted by atomic mass is 10.2. The fraction of sp³-hybridized carbons (Fsp3) is 0.600. The van der Waals surface area contributed by atoms with Gasteiger partial charge in [-0.3, -0.25) is 9.48 Å². The first-order chi connectivity index (χ1) is 7.06. The van der Waals surface area contributed by atoms with Gasteiger partial charge in [0.2, 0.25) is 0 Å². The van der Waals surface area contributed by atoms with Crippen molar-refractivity contribution >= 4 is 21.7 Å². The van der Waals surface area contributed by atoms with Gasteiger partial charge in [-0.05, 0) is 29.3 Å². The van der Waals surface area contributed by atoms with Crippen molar-refractivity contribution in [2.45, 2.75) is 19.8 Å². The lowest BCUT2D eigenvalue weighted by Crippen LogP contribution is -2.09. The van der Waals surface area contributed by atoms with Crippen LogP contribution in [0, 0.1) is 6.92 Å². The number of carbonyl (C=O) groups is 1. The number of Topliss-reactive ketones (excluding diaryl/α,β-unsaturated/α-hetero) is 1. The first-order valence-corrected chi connectivity index (χ1v) is 5.54. The molecule has 0 saturated heterocycles. The van der Waals surface area contributed by atoms with E-state index < -0.39 is 0 Å². The molecule has 0 aliphatic rings. The summed E-state index contributed by atoms with van der Waals surface area (Å²) in [7, 11) is 3.41. The molecule has 0 radical (unpaired) electrons. The first kappa shape index (κ1) is 12.4. The maximum atomic E-state index is 11.3. The number of hydrogen-bond donors (Lipinski definition) is 0. The Bertz CT molecular complexity index is 361. The van der Waals surface area contributed by atoms with E-state index in [-0.39, 0.29) is 12.4 Å². The Hall–Kier alpha value is -0.680. The summed E-state index contributed by atoms with van der Waals surface area (Å²) in [5.41, 5.74) is 2.00. The summed E-state index contributed by atoms with van der Waals surface area (Å²) < 4.78 is 7.57. The summed E-state index contributed by atoms with van der Waals surface area (Å²) in [5, 5.41) is 4.26. The van der Waals surface area contributed by atoms with Gasteiger partial charge in [0.1, 0.15) is 6.61 Å². The number of rotatable bonds is 5. The van der Waals surface area contributed by atoms with Crippen LogP contribution in [-0.4, -0.2) is 29.3 Å². The van der Waals surface area contributed by atoms with Gasteiger partial charge in [-0.2, -0.15) is 5.10 Å². The molecule has 5 heteroatoms. The quantitative estimate of drug-likeness (QED) is 0.820. The summed E-state index contributed by atoms with van der Waals surface area (Å²) in [6.45, 7) is 2.12. The van der Waals surface area contributed by atoms with Crippen LogP contribution in [0.1, 0.15) is 17.8 Å². The summed E-state index contributed by atoms with van der Waals surface area (Å²) in [6, 6.07) is 0. The average Bonchev–Trinajstić information content (AvgIpc) is 2.40. The Morgan fingerprint density at radius 2 is 2.27 bits per heavy atom. The summed E-state index contributed by atoms with van der Waals surface area (Å²) in [6.07, 6.45) is 1.19. The molecule has 84 valence electrons. The fourth-order valence-electron chi connectivity index (χ4n) is 1.44. The largest absolute Gasteiger partial charge is 0.377 e. The third-order valence-corrected chi connectivity index (χ3v) is 3.24. The highest BCUT2D eigenvalue weighted by molar-refractivity contribution is 9.10. The molecule has 0 N–H and O–H groups in total. The lowest BCUT2D eigenvalue weighted by molar-refractivity contribution is -0.122. The van der Waals surface area contributed by atoms with Gasteiger partial charge in [0.05, 0.1) is 15.9 Å². The Balaban J connectivity index is 2.61. The fourth-order valence-corrected chi connectivity index (χ4v) is 1.98. The number of aryl methyl sites for hydroxylation is 2. The van der Waals surface area contributed by atoms with E-state index in [0.29, 0.717) is 12.8 Å². The van der Waals surface area contributed by atoms with Gasteiger partial charge >= 0.3 is 0 Å². The second-order valence-corrected chi connectivity index (χ2v) is 4.23. The number of ketones is 1. The van der Waals surface area contributed by atoms with Crippen molar-refractivity contribution in [2.24, 2.45) is 7.05 Å². The molecule has 0 aliphatic heterocycles. The molecular weight excluding hydrogens is 260 g/mol. The zero-order valence-corrected chi connectivity index (χ0v) is 10.8. The Labute approximate surface area is 97.7 Å². The van der Waals surface area contributed by atoms with Gasteiger partial charge in [-0.25, -0.2) is 0 Å². The van der Waals surface area contributed by atoms with Crippen LogP contribution in [0.5, 0.6) is 0 Å². The van der Waals surface area contributed by atoms with E-state index in [2.05, 4.69) is 21.0 Å². The topological polar surface area (TPSA) is 44.1 Å². The minimum absolute atomic E-state index is 0.114. The predicted molar refractivity (Wildman–Crippen MR) is 60.8 cm³/mol. The van der Waals surface area contributed by atoms with E-state index in [1.54, 1.807) is 4.68 Å². The highest BCUT2D eigenvalue weighted by atomic mass is 79.9. The summed E-state index contributed by atoms with van der Waals surface area (Å²) >= 11 is 3.46. The highest BCUT2D eigenvalue weighted by Gasteiger charge is 2.11. The number of halogens is 1. The third kappa shape index (κ3) is 3.14. The van der Waals surface area contributed by atoms with Crippen molar-refractivity contribution in [2.75, 3.05) is 13.7 Å². The molecule has 1 rings (SSSR count). The number of nitrogens with zero attached hydrogens (tertiary/aromatic N) is 2. The number of aromatic nitrogens is 2. The highest BCUT2D eigenvalue weighted by Crippen LogP contribution is 2.21. The molecule has 1 aromatic heterocycles. The van der Waals surface area contributed by atoms with E-state index >= 15 is 0 Å². The smallest absolute Gasteiger partial charge is 0.158 e. The molecule has 0 fully saturated rings. The Kier molecular flexibility index (Phi) is 4.47. The zero-order valence-electron chi connectivity index (χ0n) is 9.21. The van der Waals surface area contributed by atoms with Crippen LogP contribution < -0.4 is 0 Å². The first-order valence-electron chi connectivity index (χ1n) is 4.75. The van der Waals surface area contributed by atoms with E-state index in [1.165, 1.54) is 7.11 Å². The second-order valence-electron chi connectivity index (χ2n) is 3.44. The Morgan fingerprint density at radius 3 is 2.73 bits per heavy atom. The van der Waals surface area contributed by atoms with E-state index in [9.17, 15) is 4.79 Å². The van der Waals surface area contributed by atoms with Crippen molar-refractivity contribution in [3.8, 4) is 0 Å². The average molecular weight is 275 g/mol. The molecule has 0 amide bonds. The van der Waals surface area contributed by atoms with Crippen molar-refractivity contribution < 1.29 is 9.53 Å². The molecule has 4 nitrogen and oxygen atoms in total. The standard InChI is InChI=1S/C10H15BrN2O2/c1-7-10(11)9(13(2)12-7)5-4-8(14)6-15-3/h4-6H2,1-3H3. The summed E-state index contributed by atoms with van der Waals surface area (Å²) in [4.78, 5) is 11.3. The normalized spacial score (nSPS) is 10.7. The number of methoxy groups -OCH3 is 1. The predicted octanol–water partition coefficient (Wildman–Crippen LogP) is 1.64. The van der Waals surface area contributed by atoms with Crippen LogP contribution in [0.15, 0.2) is 4.47 Å². The van der Waals surface area contributed by atoms with Gasteiger partial charge in [-0.15, -0.1) is 0 Å². The monoisotopic (exact) mass is 274 g/mol. The van der Waals surface area contributed by atoms with E-state index in [4.69, 9.17) is 4.74 Å². The van der Waals surface area contributed by atoms with Crippen LogP contribution in [0.2, 0.25) is 0 Å². The van der Waals surface area contributed by atoms with Gasteiger partial charge in [0.25, 0.3) is 0 Å². The van der Waals surface area contributed by atoms with Crippen molar-refractivity contribution in [3.63, 3.8) is 0 Å². The van der Waals surface area contributed by atoms with Gasteiger partial charge in [0, 0.05) is 20.6 Å². The van der Waals surface area contributed by atoms with Crippen LogP contribution in [0.3, 0.4) is 0 Å². The molecule has 0 bridgehead atoms. The molecule has 0 aliphatic carbocycles. The molecule has 1 heterocycles. The van der Waals surface area contributed by atoms with Crippen LogP contribution in [-0.2, 0) is 23.0 Å². The molecule has 1 aromatic rings. The SMILES string of the molecule is COCC(=O)CCc1c(Br)c(C)nn1C. The number of hydrogen-bond acceptors (Lipinski definition) is 3. The second kappa shape index (κ2) is 5.42.